The van der Waals surface area contributed by atoms with Gasteiger partial charge < -0.3 is 20.7 Å². The summed E-state index contributed by atoms with van der Waals surface area (Å²) in [6.45, 7) is 3.07. The number of carbonyl (C=O) groups is 1. The summed E-state index contributed by atoms with van der Waals surface area (Å²) in [6.07, 6.45) is 0.895. The number of hydrogen-bond acceptors (Lipinski definition) is 4. The molecule has 2 aliphatic rings. The molecule has 1 aromatic rings. The van der Waals surface area contributed by atoms with Crippen LogP contribution in [-0.2, 0) is 4.74 Å². The molecular weight excluding hydrogens is 230 g/mol. The lowest BCUT2D eigenvalue weighted by molar-refractivity contribution is 0.0930. The summed E-state index contributed by atoms with van der Waals surface area (Å²) < 4.78 is 5.26. The molecule has 3 N–H and O–H groups in total. The molecule has 0 bridgehead atoms. The second-order valence-corrected chi connectivity index (χ2v) is 4.62. The molecule has 1 amide bonds. The van der Waals surface area contributed by atoms with Crippen LogP contribution in [0.15, 0.2) is 18.2 Å². The molecule has 1 saturated heterocycles. The van der Waals surface area contributed by atoms with E-state index in [1.807, 2.05) is 18.2 Å². The van der Waals surface area contributed by atoms with Gasteiger partial charge in [0, 0.05) is 19.7 Å². The smallest absolute Gasteiger partial charge is 0.253 e. The molecule has 2 aliphatic heterocycles. The fourth-order valence-electron chi connectivity index (χ4n) is 2.38. The molecule has 1 unspecified atom stereocenters. The van der Waals surface area contributed by atoms with Gasteiger partial charge in [0.15, 0.2) is 0 Å². The first-order chi connectivity index (χ1) is 8.84. The highest BCUT2D eigenvalue weighted by Crippen LogP contribution is 2.28. The number of nitrogens with one attached hydrogen (secondary N) is 3. The molecule has 1 aromatic carbocycles. The predicted octanol–water partition coefficient (Wildman–Crippen LogP) is 1.04. The molecule has 5 nitrogen and oxygen atoms in total. The van der Waals surface area contributed by atoms with Crippen LogP contribution in [0.5, 0.6) is 0 Å². The van der Waals surface area contributed by atoms with Crippen LogP contribution in [0, 0.1) is 0 Å². The highest BCUT2D eigenvalue weighted by Gasteiger charge is 2.22. The topological polar surface area (TPSA) is 62.4 Å². The molecule has 0 radical (unpaired) electrons. The summed E-state index contributed by atoms with van der Waals surface area (Å²) in [5.41, 5.74) is 2.60. The maximum atomic E-state index is 12.2. The minimum atomic E-state index is -0.0291. The molecule has 1 atom stereocenters. The van der Waals surface area contributed by atoms with Gasteiger partial charge in [0.2, 0.25) is 0 Å². The van der Waals surface area contributed by atoms with E-state index in [1.54, 1.807) is 0 Å². The monoisotopic (exact) mass is 247 g/mol. The third kappa shape index (κ3) is 2.13. The molecule has 3 rings (SSSR count). The highest BCUT2D eigenvalue weighted by molar-refractivity contribution is 6.02. The fraction of sp³-hybridized carbons (Fsp3) is 0.462. The van der Waals surface area contributed by atoms with Gasteiger partial charge in [-0.1, -0.05) is 6.07 Å². The van der Waals surface area contributed by atoms with Gasteiger partial charge in [-0.05, 0) is 18.6 Å². The number of hydrogen-bond donors (Lipinski definition) is 3. The number of fused-ring (bicyclic) bond motifs is 1. The lowest BCUT2D eigenvalue weighted by Gasteiger charge is -2.22. The molecule has 2 heterocycles. The summed E-state index contributed by atoms with van der Waals surface area (Å²) in [4.78, 5) is 12.2. The number of benzene rings is 1. The van der Waals surface area contributed by atoms with Crippen molar-refractivity contribution >= 4 is 17.3 Å². The molecule has 0 spiro atoms. The van der Waals surface area contributed by atoms with E-state index in [9.17, 15) is 4.79 Å². The zero-order chi connectivity index (χ0) is 12.4. The van der Waals surface area contributed by atoms with Crippen molar-refractivity contribution < 1.29 is 9.53 Å². The van der Waals surface area contributed by atoms with Crippen molar-refractivity contribution in [3.63, 3.8) is 0 Å². The van der Waals surface area contributed by atoms with Gasteiger partial charge in [0.1, 0.15) is 0 Å². The second-order valence-electron chi connectivity index (χ2n) is 4.62. The van der Waals surface area contributed by atoms with Crippen molar-refractivity contribution in [1.29, 1.82) is 0 Å². The summed E-state index contributed by atoms with van der Waals surface area (Å²) in [5.74, 6) is -0.0291. The van der Waals surface area contributed by atoms with Crippen LogP contribution in [0.3, 0.4) is 0 Å². The SMILES string of the molecule is O=C(NC1CCOC1)c1cccc2c1NCCN2. The summed E-state index contributed by atoms with van der Waals surface area (Å²) in [5, 5.41) is 9.58. The van der Waals surface area contributed by atoms with Gasteiger partial charge >= 0.3 is 0 Å². The third-order valence-corrected chi connectivity index (χ3v) is 3.32. The maximum Gasteiger partial charge on any atom is 0.253 e. The minimum absolute atomic E-state index is 0.0291. The average Bonchev–Trinajstić information content (AvgIpc) is 2.91. The number of anilines is 2. The Morgan fingerprint density at radius 3 is 3.06 bits per heavy atom. The van der Waals surface area contributed by atoms with Crippen LogP contribution < -0.4 is 16.0 Å². The van der Waals surface area contributed by atoms with E-state index < -0.39 is 0 Å². The Balaban J connectivity index is 1.80. The van der Waals surface area contributed by atoms with Crippen molar-refractivity contribution in [1.82, 2.24) is 5.32 Å². The Morgan fingerprint density at radius 1 is 1.33 bits per heavy atom. The van der Waals surface area contributed by atoms with E-state index >= 15 is 0 Å². The number of carbonyl (C=O) groups excluding carboxylic acids is 1. The normalized spacial score (nSPS) is 21.7. The van der Waals surface area contributed by atoms with Crippen LogP contribution in [-0.4, -0.2) is 38.3 Å². The Kier molecular flexibility index (Phi) is 3.06. The molecular formula is C13H17N3O2. The highest BCUT2D eigenvalue weighted by atomic mass is 16.5. The quantitative estimate of drug-likeness (QED) is 0.731. The van der Waals surface area contributed by atoms with Gasteiger partial charge in [0.25, 0.3) is 5.91 Å². The average molecular weight is 247 g/mol. The van der Waals surface area contributed by atoms with Crippen molar-refractivity contribution in [2.45, 2.75) is 12.5 Å². The summed E-state index contributed by atoms with van der Waals surface area (Å²) >= 11 is 0. The zero-order valence-corrected chi connectivity index (χ0v) is 10.2. The number of amides is 1. The number of para-hydroxylation sites is 1. The predicted molar refractivity (Wildman–Crippen MR) is 70.1 cm³/mol. The molecule has 18 heavy (non-hydrogen) atoms. The third-order valence-electron chi connectivity index (χ3n) is 3.32. The van der Waals surface area contributed by atoms with Crippen LogP contribution in [0.1, 0.15) is 16.8 Å². The summed E-state index contributed by atoms with van der Waals surface area (Å²) in [7, 11) is 0. The van der Waals surface area contributed by atoms with E-state index in [1.165, 1.54) is 0 Å². The van der Waals surface area contributed by atoms with Crippen LogP contribution in [0.4, 0.5) is 11.4 Å². The van der Waals surface area contributed by atoms with Crippen molar-refractivity contribution in [2.75, 3.05) is 36.9 Å². The van der Waals surface area contributed by atoms with E-state index in [2.05, 4.69) is 16.0 Å². The molecule has 0 aromatic heterocycles. The van der Waals surface area contributed by atoms with Crippen LogP contribution >= 0.6 is 0 Å². The Morgan fingerprint density at radius 2 is 2.22 bits per heavy atom. The zero-order valence-electron chi connectivity index (χ0n) is 10.2. The van der Waals surface area contributed by atoms with E-state index in [0.29, 0.717) is 12.2 Å². The first kappa shape index (κ1) is 11.3. The van der Waals surface area contributed by atoms with Crippen LogP contribution in [0.25, 0.3) is 0 Å². The van der Waals surface area contributed by atoms with E-state index in [4.69, 9.17) is 4.74 Å². The van der Waals surface area contributed by atoms with Gasteiger partial charge in [0.05, 0.1) is 29.6 Å². The van der Waals surface area contributed by atoms with Gasteiger partial charge in [-0.3, -0.25) is 4.79 Å². The molecule has 0 saturated carbocycles. The molecule has 1 fully saturated rings. The standard InChI is InChI=1S/C13H17N3O2/c17-13(16-9-4-7-18-8-9)10-2-1-3-11-12(10)15-6-5-14-11/h1-3,9,14-15H,4-8H2,(H,16,17). The second kappa shape index (κ2) is 4.86. The van der Waals surface area contributed by atoms with E-state index in [-0.39, 0.29) is 11.9 Å². The largest absolute Gasteiger partial charge is 0.382 e. The van der Waals surface area contributed by atoms with Crippen molar-refractivity contribution in [2.24, 2.45) is 0 Å². The number of rotatable bonds is 2. The van der Waals surface area contributed by atoms with Gasteiger partial charge in [-0.15, -0.1) is 0 Å². The Bertz CT molecular complexity index is 456. The Hall–Kier alpha value is -1.75. The lowest BCUT2D eigenvalue weighted by atomic mass is 10.1. The summed E-state index contributed by atoms with van der Waals surface area (Å²) in [6, 6.07) is 5.88. The molecule has 96 valence electrons. The van der Waals surface area contributed by atoms with Gasteiger partial charge in [-0.2, -0.15) is 0 Å². The van der Waals surface area contributed by atoms with Gasteiger partial charge in [-0.25, -0.2) is 0 Å². The lowest BCUT2D eigenvalue weighted by Crippen LogP contribution is -2.36. The van der Waals surface area contributed by atoms with Crippen molar-refractivity contribution in [3.05, 3.63) is 23.8 Å². The van der Waals surface area contributed by atoms with Crippen molar-refractivity contribution in [3.8, 4) is 0 Å². The Labute approximate surface area is 106 Å². The molecule has 0 aliphatic carbocycles. The minimum Gasteiger partial charge on any atom is -0.382 e. The van der Waals surface area contributed by atoms with E-state index in [0.717, 1.165) is 37.5 Å². The first-order valence-electron chi connectivity index (χ1n) is 6.34. The van der Waals surface area contributed by atoms with Crippen LogP contribution in [0.2, 0.25) is 0 Å². The molecule has 5 heteroatoms. The number of ether oxygens (including phenoxy) is 1. The first-order valence-corrected chi connectivity index (χ1v) is 6.34. The maximum absolute atomic E-state index is 12.2. The fourth-order valence-corrected chi connectivity index (χ4v) is 2.38.